The summed E-state index contributed by atoms with van der Waals surface area (Å²) in [6.07, 6.45) is 1.79. The van der Waals surface area contributed by atoms with Crippen molar-refractivity contribution in [3.05, 3.63) is 205 Å². The first-order valence-electron chi connectivity index (χ1n) is 20.0. The molecule has 1 aliphatic rings. The third-order valence-corrected chi connectivity index (χ3v) is 18.1. The summed E-state index contributed by atoms with van der Waals surface area (Å²) < 4.78 is 10.9. The molecule has 7 aromatic carbocycles. The van der Waals surface area contributed by atoms with E-state index in [2.05, 4.69) is 172 Å². The van der Waals surface area contributed by atoms with Gasteiger partial charge in [0.05, 0.1) is 0 Å². The van der Waals surface area contributed by atoms with Crippen LogP contribution in [0.4, 0.5) is 5.69 Å². The smallest absolute Gasteiger partial charge is 0.0160 e. The van der Waals surface area contributed by atoms with E-state index in [1.54, 1.807) is 9.71 Å². The Morgan fingerprint density at radius 3 is 1.88 bits per heavy atom. The Hall–Kier alpha value is -5.37. The number of fused-ring (bicyclic) bond motifs is 4. The Kier molecular flexibility index (Phi) is 12.2. The fourth-order valence-electron chi connectivity index (χ4n) is 7.83. The van der Waals surface area contributed by atoms with E-state index < -0.39 is 20.2 Å². The molecule has 9 aromatic rings. The van der Waals surface area contributed by atoms with Gasteiger partial charge >= 0.3 is 280 Å². The number of rotatable bonds is 7. The van der Waals surface area contributed by atoms with Gasteiger partial charge in [0.2, 0.25) is 0 Å². The van der Waals surface area contributed by atoms with E-state index in [0.717, 1.165) is 50.0 Å². The third kappa shape index (κ3) is 8.15. The van der Waals surface area contributed by atoms with Gasteiger partial charge in [-0.3, -0.25) is 0 Å². The summed E-state index contributed by atoms with van der Waals surface area (Å²) in [5, 5.41) is 2.25. The van der Waals surface area contributed by atoms with Crippen molar-refractivity contribution in [3.63, 3.8) is 0 Å². The van der Waals surface area contributed by atoms with Crippen molar-refractivity contribution < 1.29 is 24.5 Å². The van der Waals surface area contributed by atoms with Crippen LogP contribution in [-0.4, -0.2) is 28.9 Å². The maximum absolute atomic E-state index is 6.79. The van der Waals surface area contributed by atoms with Gasteiger partial charge in [0.1, 0.15) is 0 Å². The number of hydrogen-bond acceptors (Lipinski definition) is 3. The van der Waals surface area contributed by atoms with E-state index in [9.17, 15) is 0 Å². The van der Waals surface area contributed by atoms with Crippen LogP contribution in [0.2, 0.25) is 0 Å². The molecule has 291 valence electrons. The summed E-state index contributed by atoms with van der Waals surface area (Å²) in [6.45, 7) is 9.36. The number of benzene rings is 7. The van der Waals surface area contributed by atoms with Crippen molar-refractivity contribution in [3.8, 4) is 33.5 Å². The molecule has 3 heterocycles. The number of nitrogens with zero attached hydrogens (tertiary/aromatic N) is 2. The summed E-state index contributed by atoms with van der Waals surface area (Å²) in [6, 6.07) is 66.3. The second-order valence-electron chi connectivity index (χ2n) is 15.2. The molecule has 0 bridgehead atoms. The van der Waals surface area contributed by atoms with Gasteiger partial charge in [-0.05, 0) is 11.8 Å². The van der Waals surface area contributed by atoms with Crippen molar-refractivity contribution >= 4 is 58.5 Å². The van der Waals surface area contributed by atoms with Crippen molar-refractivity contribution in [2.75, 3.05) is 0 Å². The Bertz CT molecular complexity index is 2820. The summed E-state index contributed by atoms with van der Waals surface area (Å²) in [7, 11) is 0. The summed E-state index contributed by atoms with van der Waals surface area (Å²) in [4.78, 5) is 9.67. The summed E-state index contributed by atoms with van der Waals surface area (Å²) in [5.74, 6) is 0.745. The molecule has 0 amide bonds. The number of hydrogen-bond donors (Lipinski definition) is 0. The molecule has 5 heteroatoms. The molecular formula is C54H43IrN2OSb-2. The Balaban J connectivity index is 0.000000319. The molecule has 0 saturated carbocycles. The van der Waals surface area contributed by atoms with Gasteiger partial charge in [0.25, 0.3) is 0 Å². The van der Waals surface area contributed by atoms with Crippen LogP contribution in [0.25, 0.3) is 55.4 Å². The fourth-order valence-corrected chi connectivity index (χ4v) is 16.5. The van der Waals surface area contributed by atoms with Crippen LogP contribution in [0.15, 0.2) is 185 Å². The largest absolute Gasteiger partial charge is 0.305 e. The quantitative estimate of drug-likeness (QED) is 0.118. The first-order valence-corrected chi connectivity index (χ1v) is 23.8. The van der Waals surface area contributed by atoms with E-state index in [-0.39, 0.29) is 20.1 Å². The van der Waals surface area contributed by atoms with Crippen molar-refractivity contribution in [2.24, 2.45) is 4.99 Å². The molecule has 1 radical (unpaired) electrons. The van der Waals surface area contributed by atoms with Crippen LogP contribution >= 0.6 is 0 Å². The fraction of sp³-hybridized carbons (Fsp3) is 0.111. The first-order chi connectivity index (χ1) is 28.4. The summed E-state index contributed by atoms with van der Waals surface area (Å²) in [5.41, 5.74) is 13.7. The SMILES string of the molecule is CC(C)c1cc(-c2ccccc2)cc(C(C)C)[c]1[Sb]1[C](c2[c-]ccc3c2oc2cc(-c4ccccc4)ccc23)=Nc2cccc[c]21.[Ir].[c-]1ccccc1-c1ccccn1. The van der Waals surface area contributed by atoms with E-state index >= 15 is 0 Å². The zero-order valence-corrected chi connectivity index (χ0v) is 38.4. The normalized spacial score (nSPS) is 12.3. The van der Waals surface area contributed by atoms with Gasteiger partial charge in [0.15, 0.2) is 0 Å². The minimum absolute atomic E-state index is 0. The maximum Gasteiger partial charge on any atom is 0.0160 e. The van der Waals surface area contributed by atoms with Crippen molar-refractivity contribution in [1.29, 1.82) is 0 Å². The topological polar surface area (TPSA) is 38.4 Å². The van der Waals surface area contributed by atoms with Gasteiger partial charge in [-0.1, -0.05) is 12.1 Å². The number of pyridine rings is 1. The van der Waals surface area contributed by atoms with E-state index in [1.165, 1.54) is 35.0 Å². The Morgan fingerprint density at radius 1 is 0.559 bits per heavy atom. The van der Waals surface area contributed by atoms with Gasteiger partial charge in [-0.25, -0.2) is 0 Å². The Labute approximate surface area is 368 Å². The molecule has 2 aromatic heterocycles. The predicted octanol–water partition coefficient (Wildman–Crippen LogP) is 12.8. The summed E-state index contributed by atoms with van der Waals surface area (Å²) >= 11 is -2.68. The van der Waals surface area contributed by atoms with E-state index in [4.69, 9.17) is 9.41 Å². The number of aliphatic imine (C=N–C) groups is 1. The first kappa shape index (κ1) is 40.4. The van der Waals surface area contributed by atoms with Crippen LogP contribution in [0.5, 0.6) is 0 Å². The molecule has 0 atom stereocenters. The van der Waals surface area contributed by atoms with Crippen LogP contribution in [-0.2, 0) is 20.1 Å². The molecule has 59 heavy (non-hydrogen) atoms. The molecule has 1 aliphatic heterocycles. The van der Waals surface area contributed by atoms with Crippen molar-refractivity contribution in [2.45, 2.75) is 39.5 Å². The maximum atomic E-state index is 6.79. The van der Waals surface area contributed by atoms with E-state index in [0.29, 0.717) is 11.8 Å². The molecule has 0 fully saturated rings. The molecule has 0 aliphatic carbocycles. The van der Waals surface area contributed by atoms with Gasteiger partial charge in [-0.15, -0.1) is 35.9 Å². The monoisotopic (exact) mass is 1050 g/mol. The zero-order chi connectivity index (χ0) is 39.6. The van der Waals surface area contributed by atoms with Gasteiger partial charge in [0, 0.05) is 26.3 Å². The Morgan fingerprint density at radius 2 is 1.22 bits per heavy atom. The van der Waals surface area contributed by atoms with Crippen molar-refractivity contribution in [1.82, 2.24) is 4.98 Å². The van der Waals surface area contributed by atoms with Crippen LogP contribution < -0.4 is 7.02 Å². The average Bonchev–Trinajstić information content (AvgIpc) is 3.86. The van der Waals surface area contributed by atoms with Gasteiger partial charge in [-0.2, -0.15) is 0 Å². The van der Waals surface area contributed by atoms with Crippen LogP contribution in [0, 0.1) is 12.1 Å². The van der Waals surface area contributed by atoms with Gasteiger partial charge < -0.3 is 4.98 Å². The van der Waals surface area contributed by atoms with Crippen LogP contribution in [0.3, 0.4) is 0 Å². The minimum Gasteiger partial charge on any atom is -0.305 e. The number of para-hydroxylation sites is 1. The predicted molar refractivity (Wildman–Crippen MR) is 244 cm³/mol. The molecular weight excluding hydrogens is 1010 g/mol. The minimum atomic E-state index is -2.68. The molecule has 0 N–H and O–H groups in total. The molecule has 0 saturated heterocycles. The third-order valence-electron chi connectivity index (χ3n) is 10.7. The van der Waals surface area contributed by atoms with Crippen LogP contribution in [0.1, 0.15) is 56.2 Å². The molecule has 10 rings (SSSR count). The molecule has 0 unspecified atom stereocenters. The second kappa shape index (κ2) is 17.9. The second-order valence-corrected chi connectivity index (χ2v) is 21.0. The standard InChI is InChI=1S/C25H14NO.C18H21.C11H8N.Ir.Sb/c1-3-8-18(9-4-1)19-14-15-22-23-13-7-10-20(25(23)27-24(22)16-19)17-26-21-11-5-2-6-12-21;1-13(2)16-10-17(14(3)4)12-18(11-16)15-8-6-5-7-9-15;1-2-6-10(7-3-1)11-8-4-5-9-12-11;;/h1-9,11,13-16H;5-9,11-14H,1-4H3;1-6,8-9H;;/q-1;;-1;;. The number of aromatic nitrogens is 1. The zero-order valence-electron chi connectivity index (χ0n) is 33.5. The number of furan rings is 1. The van der Waals surface area contributed by atoms with E-state index in [1.807, 2.05) is 42.5 Å². The average molecular weight is 1050 g/mol. The molecule has 0 spiro atoms. The molecule has 3 nitrogen and oxygen atoms in total.